The van der Waals surface area contributed by atoms with Crippen LogP contribution < -0.4 is 4.80 Å². The van der Waals surface area contributed by atoms with E-state index < -0.39 is 0 Å². The average Bonchev–Trinajstić information content (AvgIpc) is 3.39. The van der Waals surface area contributed by atoms with Crippen LogP contribution in [0, 0.1) is 0 Å². The minimum atomic E-state index is -0.213. The van der Waals surface area contributed by atoms with Crippen LogP contribution in [-0.4, -0.2) is 15.5 Å². The molecule has 0 spiro atoms. The lowest BCUT2D eigenvalue weighted by Gasteiger charge is -1.93. The van der Waals surface area contributed by atoms with E-state index in [1.807, 2.05) is 66.2 Å². The Morgan fingerprint density at radius 3 is 2.52 bits per heavy atom. The number of thiazole rings is 2. The molecule has 4 nitrogen and oxygen atoms in total. The number of para-hydroxylation sites is 2. The molecule has 0 radical (unpaired) electrons. The summed E-state index contributed by atoms with van der Waals surface area (Å²) in [5.41, 5.74) is 2.07. The van der Waals surface area contributed by atoms with Crippen molar-refractivity contribution in [2.45, 2.75) is 0 Å². The van der Waals surface area contributed by atoms with Crippen molar-refractivity contribution in [2.24, 2.45) is 12.0 Å². The van der Waals surface area contributed by atoms with E-state index >= 15 is 0 Å². The van der Waals surface area contributed by atoms with Crippen LogP contribution in [0.15, 0.2) is 65.7 Å². The highest BCUT2D eigenvalue weighted by Gasteiger charge is 2.13. The van der Waals surface area contributed by atoms with Gasteiger partial charge in [0.15, 0.2) is 4.80 Å². The van der Waals surface area contributed by atoms with E-state index in [0.717, 1.165) is 30.3 Å². The monoisotopic (exact) mass is 407 g/mol. The largest absolute Gasteiger partial charge is 0.319 e. The van der Waals surface area contributed by atoms with Crippen molar-refractivity contribution in [3.05, 3.63) is 70.3 Å². The molecule has 27 heavy (non-hydrogen) atoms. The first-order valence-electron chi connectivity index (χ1n) is 8.28. The minimum Gasteiger partial charge on any atom is -0.319 e. The smallest absolute Gasteiger partial charge is 0.289 e. The zero-order valence-electron chi connectivity index (χ0n) is 14.2. The number of hydrogen-bond acceptors (Lipinski definition) is 5. The molecule has 0 N–H and O–H groups in total. The maximum Gasteiger partial charge on any atom is 0.289 e. The summed E-state index contributed by atoms with van der Waals surface area (Å²) in [6, 6.07) is 19.9. The summed E-state index contributed by atoms with van der Waals surface area (Å²) in [7, 11) is 1.94. The Kier molecular flexibility index (Phi) is 4.00. The molecule has 3 heterocycles. The van der Waals surface area contributed by atoms with Gasteiger partial charge in [0.25, 0.3) is 5.91 Å². The van der Waals surface area contributed by atoms with Gasteiger partial charge in [-0.25, -0.2) is 4.98 Å². The first-order chi connectivity index (χ1) is 13.2. The second kappa shape index (κ2) is 6.53. The van der Waals surface area contributed by atoms with E-state index in [4.69, 9.17) is 0 Å². The fourth-order valence-electron chi connectivity index (χ4n) is 2.88. The highest BCUT2D eigenvalue weighted by molar-refractivity contribution is 7.26. The fraction of sp³-hybridized carbons (Fsp3) is 0.0500. The molecular weight excluding hydrogens is 394 g/mol. The van der Waals surface area contributed by atoms with Crippen LogP contribution in [-0.2, 0) is 7.05 Å². The highest BCUT2D eigenvalue weighted by atomic mass is 32.1. The molecule has 0 atom stereocenters. The van der Waals surface area contributed by atoms with Gasteiger partial charge < -0.3 is 4.57 Å². The summed E-state index contributed by atoms with van der Waals surface area (Å²) in [5.74, 6) is -0.213. The van der Waals surface area contributed by atoms with Gasteiger partial charge in [0.2, 0.25) is 0 Å². The third kappa shape index (κ3) is 2.93. The number of rotatable bonds is 2. The number of thiophene rings is 1. The van der Waals surface area contributed by atoms with Crippen LogP contribution >= 0.6 is 34.0 Å². The first kappa shape index (κ1) is 16.6. The molecule has 2 aromatic carbocycles. The molecule has 0 fully saturated rings. The zero-order chi connectivity index (χ0) is 18.4. The number of hydrogen-bond donors (Lipinski definition) is 0. The quantitative estimate of drug-likeness (QED) is 0.398. The summed E-state index contributed by atoms with van der Waals surface area (Å²) in [5, 5.41) is 0.938. The molecule has 5 aromatic rings. The van der Waals surface area contributed by atoms with E-state index in [-0.39, 0.29) is 5.91 Å². The van der Waals surface area contributed by atoms with Crippen molar-refractivity contribution >= 4 is 60.4 Å². The topological polar surface area (TPSA) is 47.2 Å². The second-order valence-electron chi connectivity index (χ2n) is 5.98. The summed E-state index contributed by atoms with van der Waals surface area (Å²) >= 11 is 4.60. The zero-order valence-corrected chi connectivity index (χ0v) is 16.7. The molecule has 0 saturated heterocycles. The number of nitrogens with zero attached hydrogens (tertiary/aromatic N) is 3. The van der Waals surface area contributed by atoms with Gasteiger partial charge in [-0.05, 0) is 36.4 Å². The average molecular weight is 408 g/mol. The molecule has 0 aliphatic rings. The lowest BCUT2D eigenvalue weighted by molar-refractivity contribution is 0.100. The summed E-state index contributed by atoms with van der Waals surface area (Å²) in [6.45, 7) is 0. The highest BCUT2D eigenvalue weighted by Crippen LogP contribution is 2.34. The minimum absolute atomic E-state index is 0.213. The number of aryl methyl sites for hydroxylation is 1. The third-order valence-corrected chi connectivity index (χ3v) is 7.63. The predicted octanol–water partition coefficient (Wildman–Crippen LogP) is 5.32. The van der Waals surface area contributed by atoms with Gasteiger partial charge in [-0.3, -0.25) is 4.79 Å². The molecule has 7 heteroatoms. The lowest BCUT2D eigenvalue weighted by Crippen LogP contribution is -2.12. The SMILES string of the molecule is Cn1c(=NC(=O)c2ccc(-c3nc4ccccc4s3)s2)sc2ccccc21. The van der Waals surface area contributed by atoms with Crippen molar-refractivity contribution in [3.8, 4) is 9.88 Å². The van der Waals surface area contributed by atoms with Gasteiger partial charge in [-0.15, -0.1) is 22.7 Å². The Bertz CT molecular complexity index is 1340. The second-order valence-corrected chi connectivity index (χ2v) is 9.10. The van der Waals surface area contributed by atoms with Crippen LogP contribution in [0.5, 0.6) is 0 Å². The maximum atomic E-state index is 12.7. The number of fused-ring (bicyclic) bond motifs is 2. The van der Waals surface area contributed by atoms with Gasteiger partial charge in [0, 0.05) is 7.05 Å². The van der Waals surface area contributed by atoms with Crippen LogP contribution in [0.2, 0.25) is 0 Å². The number of benzene rings is 2. The maximum absolute atomic E-state index is 12.7. The molecule has 132 valence electrons. The van der Waals surface area contributed by atoms with Crippen LogP contribution in [0.4, 0.5) is 0 Å². The van der Waals surface area contributed by atoms with Crippen LogP contribution in [0.25, 0.3) is 30.3 Å². The Balaban J connectivity index is 1.51. The van der Waals surface area contributed by atoms with Crippen molar-refractivity contribution in [3.63, 3.8) is 0 Å². The van der Waals surface area contributed by atoms with Crippen LogP contribution in [0.1, 0.15) is 9.67 Å². The molecule has 3 aromatic heterocycles. The van der Waals surface area contributed by atoms with Gasteiger partial charge in [-0.2, -0.15) is 4.99 Å². The predicted molar refractivity (Wildman–Crippen MR) is 114 cm³/mol. The van der Waals surface area contributed by atoms with E-state index in [2.05, 4.69) is 16.0 Å². The van der Waals surface area contributed by atoms with Gasteiger partial charge in [0.05, 0.1) is 30.2 Å². The van der Waals surface area contributed by atoms with E-state index in [0.29, 0.717) is 9.68 Å². The molecule has 0 aliphatic carbocycles. The first-order valence-corrected chi connectivity index (χ1v) is 10.7. The standard InChI is InChI=1S/C20H13N3OS3/c1-23-13-7-3-5-9-15(13)27-20(23)22-18(24)16-10-11-17(25-16)19-21-12-6-2-4-8-14(12)26-19/h2-11H,1H3. The summed E-state index contributed by atoms with van der Waals surface area (Å²) in [4.78, 5) is 24.0. The van der Waals surface area contributed by atoms with Crippen molar-refractivity contribution in [2.75, 3.05) is 0 Å². The molecule has 1 amide bonds. The summed E-state index contributed by atoms with van der Waals surface area (Å²) < 4.78 is 4.23. The number of carbonyl (C=O) groups is 1. The van der Waals surface area contributed by atoms with Crippen LogP contribution in [0.3, 0.4) is 0 Å². The Morgan fingerprint density at radius 1 is 0.926 bits per heavy atom. The lowest BCUT2D eigenvalue weighted by atomic mass is 10.3. The number of aromatic nitrogens is 2. The van der Waals surface area contributed by atoms with Gasteiger partial charge >= 0.3 is 0 Å². The molecule has 0 unspecified atom stereocenters. The molecule has 0 aliphatic heterocycles. The molecule has 0 saturated carbocycles. The molecular formula is C20H13N3OS3. The van der Waals surface area contributed by atoms with Gasteiger partial charge in [-0.1, -0.05) is 35.6 Å². The normalized spacial score (nSPS) is 12.3. The number of carbonyl (C=O) groups excluding carboxylic acids is 1. The van der Waals surface area contributed by atoms with Gasteiger partial charge in [0.1, 0.15) is 5.01 Å². The van der Waals surface area contributed by atoms with Crippen molar-refractivity contribution in [1.29, 1.82) is 0 Å². The van der Waals surface area contributed by atoms with E-state index in [1.165, 1.54) is 22.7 Å². The third-order valence-electron chi connectivity index (χ3n) is 4.23. The fourth-order valence-corrected chi connectivity index (χ4v) is 5.80. The molecule has 5 rings (SSSR count). The Morgan fingerprint density at radius 2 is 1.70 bits per heavy atom. The van der Waals surface area contributed by atoms with Crippen molar-refractivity contribution < 1.29 is 4.79 Å². The van der Waals surface area contributed by atoms with E-state index in [9.17, 15) is 4.79 Å². The summed E-state index contributed by atoms with van der Waals surface area (Å²) in [6.07, 6.45) is 0. The van der Waals surface area contributed by atoms with E-state index in [1.54, 1.807) is 11.3 Å². The molecule has 0 bridgehead atoms. The Hall–Kier alpha value is -2.61. The van der Waals surface area contributed by atoms with Crippen molar-refractivity contribution in [1.82, 2.24) is 9.55 Å². The number of amides is 1. The Labute approximate surface area is 166 Å².